The van der Waals surface area contributed by atoms with Crippen molar-refractivity contribution < 1.29 is 23.1 Å². The maximum Gasteiger partial charge on any atom is 0.323 e. The number of benzene rings is 3. The van der Waals surface area contributed by atoms with Crippen LogP contribution in [-0.2, 0) is 9.53 Å². The van der Waals surface area contributed by atoms with E-state index < -0.39 is 17.8 Å². The number of amides is 3. The average molecular weight is 596 g/mol. The Kier molecular flexibility index (Phi) is 8.06. The molecule has 12 heteroatoms. The van der Waals surface area contributed by atoms with Crippen molar-refractivity contribution in [3.8, 4) is 22.5 Å². The molecule has 10 nitrogen and oxygen atoms in total. The summed E-state index contributed by atoms with van der Waals surface area (Å²) in [5, 5.41) is 8.67. The van der Waals surface area contributed by atoms with Gasteiger partial charge in [-0.15, -0.1) is 0 Å². The van der Waals surface area contributed by atoms with Gasteiger partial charge >= 0.3 is 6.03 Å². The summed E-state index contributed by atoms with van der Waals surface area (Å²) >= 11 is 0. The highest BCUT2D eigenvalue weighted by atomic mass is 19.1. The smallest absolute Gasteiger partial charge is 0.323 e. The standard InChI is InChI=1S/C32H27F2N7O3/c1-19(42)36-21-5-7-22(8-6-21)37-32(43)38-23-9-11-25(27(33)18-23)30-39-28-17-20(24-3-2-12-35-29(24)34)4-10-26(28)31(40-30)41-13-15-44-16-14-41/h2-12,17-18H,13-16H2,1H3,(H,36,42)(H2,37,38,43). The topological polar surface area (TPSA) is 121 Å². The van der Waals surface area contributed by atoms with Gasteiger partial charge in [-0.25, -0.2) is 24.1 Å². The van der Waals surface area contributed by atoms with Gasteiger partial charge in [0.2, 0.25) is 11.9 Å². The average Bonchev–Trinajstić information content (AvgIpc) is 3.01. The van der Waals surface area contributed by atoms with Crippen LogP contribution in [0.25, 0.3) is 33.4 Å². The predicted octanol–water partition coefficient (Wildman–Crippen LogP) is 6.08. The number of carbonyl (C=O) groups is 2. The van der Waals surface area contributed by atoms with Gasteiger partial charge in [-0.2, -0.15) is 4.39 Å². The zero-order valence-electron chi connectivity index (χ0n) is 23.6. The van der Waals surface area contributed by atoms with Gasteiger partial charge in [0, 0.05) is 54.2 Å². The molecule has 0 bridgehead atoms. The largest absolute Gasteiger partial charge is 0.378 e. The molecule has 0 spiro atoms. The molecule has 0 atom stereocenters. The molecule has 3 heterocycles. The molecule has 0 aliphatic carbocycles. The van der Waals surface area contributed by atoms with E-state index in [4.69, 9.17) is 9.72 Å². The third kappa shape index (κ3) is 6.30. The minimum Gasteiger partial charge on any atom is -0.378 e. The minimum absolute atomic E-state index is 0.138. The molecule has 1 saturated heterocycles. The van der Waals surface area contributed by atoms with E-state index in [9.17, 15) is 14.0 Å². The molecule has 0 unspecified atom stereocenters. The molecule has 3 amide bonds. The Morgan fingerprint density at radius 3 is 2.23 bits per heavy atom. The van der Waals surface area contributed by atoms with Crippen molar-refractivity contribution in [3.63, 3.8) is 0 Å². The number of hydrogen-bond donors (Lipinski definition) is 3. The fourth-order valence-corrected chi connectivity index (χ4v) is 4.93. The Labute approximate surface area is 251 Å². The van der Waals surface area contributed by atoms with Crippen molar-refractivity contribution in [2.45, 2.75) is 6.92 Å². The van der Waals surface area contributed by atoms with Crippen LogP contribution in [0.5, 0.6) is 0 Å². The number of nitrogens with one attached hydrogen (secondary N) is 3. The Bertz CT molecular complexity index is 1860. The lowest BCUT2D eigenvalue weighted by molar-refractivity contribution is -0.114. The highest BCUT2D eigenvalue weighted by molar-refractivity contribution is 6.00. The van der Waals surface area contributed by atoms with E-state index in [0.29, 0.717) is 60.1 Å². The summed E-state index contributed by atoms with van der Waals surface area (Å²) in [5.41, 5.74) is 2.86. The van der Waals surface area contributed by atoms with Gasteiger partial charge in [0.15, 0.2) is 5.82 Å². The van der Waals surface area contributed by atoms with Crippen LogP contribution >= 0.6 is 0 Å². The van der Waals surface area contributed by atoms with E-state index in [1.165, 1.54) is 25.3 Å². The fraction of sp³-hybridized carbons (Fsp3) is 0.156. The second-order valence-electron chi connectivity index (χ2n) is 10.1. The Morgan fingerprint density at radius 2 is 1.52 bits per heavy atom. The number of aromatic nitrogens is 3. The first-order chi connectivity index (χ1) is 21.3. The van der Waals surface area contributed by atoms with Crippen LogP contribution < -0.4 is 20.9 Å². The first-order valence-electron chi connectivity index (χ1n) is 13.8. The molecule has 1 fully saturated rings. The molecule has 3 aromatic carbocycles. The van der Waals surface area contributed by atoms with Crippen LogP contribution in [0.4, 0.5) is 36.5 Å². The highest BCUT2D eigenvalue weighted by Gasteiger charge is 2.20. The molecule has 222 valence electrons. The Hall–Kier alpha value is -5.49. The number of urea groups is 1. The lowest BCUT2D eigenvalue weighted by Crippen LogP contribution is -2.37. The number of ether oxygens (including phenoxy) is 1. The summed E-state index contributed by atoms with van der Waals surface area (Å²) in [6, 6.07) is 18.9. The van der Waals surface area contributed by atoms with Crippen molar-refractivity contribution in [2.24, 2.45) is 0 Å². The number of halogens is 2. The number of morpholine rings is 1. The van der Waals surface area contributed by atoms with Gasteiger partial charge in [0.1, 0.15) is 11.6 Å². The first-order valence-corrected chi connectivity index (χ1v) is 13.8. The SMILES string of the molecule is CC(=O)Nc1ccc(NC(=O)Nc2ccc(-c3nc(N4CCOCC4)c4ccc(-c5cccnc5F)cc4n3)c(F)c2)cc1. The van der Waals surface area contributed by atoms with E-state index in [0.717, 1.165) is 5.39 Å². The molecule has 1 aliphatic rings. The summed E-state index contributed by atoms with van der Waals surface area (Å²) < 4.78 is 35.6. The van der Waals surface area contributed by atoms with Crippen molar-refractivity contribution in [3.05, 3.63) is 90.8 Å². The van der Waals surface area contributed by atoms with Gasteiger partial charge in [0.25, 0.3) is 0 Å². The molecule has 6 rings (SSSR count). The van der Waals surface area contributed by atoms with Gasteiger partial charge in [-0.3, -0.25) is 4.79 Å². The summed E-state index contributed by atoms with van der Waals surface area (Å²) in [7, 11) is 0. The third-order valence-corrected chi connectivity index (χ3v) is 6.99. The molecule has 1 aliphatic heterocycles. The van der Waals surface area contributed by atoms with Crippen molar-refractivity contribution in [1.29, 1.82) is 0 Å². The van der Waals surface area contributed by atoms with Crippen molar-refractivity contribution in [1.82, 2.24) is 15.0 Å². The maximum absolute atomic E-state index is 15.6. The van der Waals surface area contributed by atoms with Crippen LogP contribution in [0, 0.1) is 11.8 Å². The number of fused-ring (bicyclic) bond motifs is 1. The van der Waals surface area contributed by atoms with Crippen LogP contribution in [-0.4, -0.2) is 53.2 Å². The van der Waals surface area contributed by atoms with E-state index >= 15 is 4.39 Å². The number of pyridine rings is 1. The Balaban J connectivity index is 1.29. The fourth-order valence-electron chi connectivity index (χ4n) is 4.93. The molecule has 0 radical (unpaired) electrons. The third-order valence-electron chi connectivity index (χ3n) is 6.99. The molecule has 2 aromatic heterocycles. The second-order valence-corrected chi connectivity index (χ2v) is 10.1. The van der Waals surface area contributed by atoms with E-state index in [1.54, 1.807) is 54.6 Å². The number of carbonyl (C=O) groups excluding carboxylic acids is 2. The van der Waals surface area contributed by atoms with E-state index in [1.807, 2.05) is 6.07 Å². The molecule has 44 heavy (non-hydrogen) atoms. The zero-order chi connectivity index (χ0) is 30.6. The van der Waals surface area contributed by atoms with Gasteiger partial charge in [-0.05, 0) is 72.3 Å². The van der Waals surface area contributed by atoms with Crippen molar-refractivity contribution in [2.75, 3.05) is 47.2 Å². The maximum atomic E-state index is 15.6. The molecule has 3 N–H and O–H groups in total. The number of rotatable bonds is 6. The Morgan fingerprint density at radius 1 is 0.818 bits per heavy atom. The summed E-state index contributed by atoms with van der Waals surface area (Å²) in [5.74, 6) is -0.670. The van der Waals surface area contributed by atoms with E-state index in [2.05, 4.69) is 30.8 Å². The summed E-state index contributed by atoms with van der Waals surface area (Å²) in [4.78, 5) is 39.0. The molecular weight excluding hydrogens is 568 g/mol. The summed E-state index contributed by atoms with van der Waals surface area (Å²) in [6.07, 6.45) is 1.38. The monoisotopic (exact) mass is 595 g/mol. The molecule has 0 saturated carbocycles. The number of hydrogen-bond acceptors (Lipinski definition) is 7. The summed E-state index contributed by atoms with van der Waals surface area (Å²) in [6.45, 7) is 3.65. The minimum atomic E-state index is -0.635. The van der Waals surface area contributed by atoms with Gasteiger partial charge in [-0.1, -0.05) is 6.07 Å². The van der Waals surface area contributed by atoms with Crippen LogP contribution in [0.2, 0.25) is 0 Å². The normalized spacial score (nSPS) is 13.0. The van der Waals surface area contributed by atoms with Crippen LogP contribution in [0.1, 0.15) is 6.92 Å². The zero-order valence-corrected chi connectivity index (χ0v) is 23.6. The first kappa shape index (κ1) is 28.6. The van der Waals surface area contributed by atoms with Gasteiger partial charge < -0.3 is 25.6 Å². The van der Waals surface area contributed by atoms with Crippen LogP contribution in [0.15, 0.2) is 79.0 Å². The quantitative estimate of drug-likeness (QED) is 0.204. The van der Waals surface area contributed by atoms with Crippen molar-refractivity contribution >= 4 is 45.7 Å². The lowest BCUT2D eigenvalue weighted by atomic mass is 10.0. The second kappa shape index (κ2) is 12.4. The lowest BCUT2D eigenvalue weighted by Gasteiger charge is -2.29. The molecule has 5 aromatic rings. The number of nitrogens with zero attached hydrogens (tertiary/aromatic N) is 4. The van der Waals surface area contributed by atoms with Crippen LogP contribution in [0.3, 0.4) is 0 Å². The highest BCUT2D eigenvalue weighted by Crippen LogP contribution is 2.33. The van der Waals surface area contributed by atoms with Gasteiger partial charge in [0.05, 0.1) is 24.3 Å². The molecular formula is C32H27F2N7O3. The predicted molar refractivity (Wildman–Crippen MR) is 165 cm³/mol. The van der Waals surface area contributed by atoms with E-state index in [-0.39, 0.29) is 23.0 Å². The number of anilines is 4.